The molecule has 0 unspecified atom stereocenters. The van der Waals surface area contributed by atoms with Crippen LogP contribution >= 0.6 is 0 Å². The number of benzene rings is 2. The van der Waals surface area contributed by atoms with Crippen LogP contribution in [-0.4, -0.2) is 11.9 Å². The third-order valence-electron chi connectivity index (χ3n) is 3.96. The maximum absolute atomic E-state index is 12.4. The minimum Gasteiger partial charge on any atom is -0.502 e. The Hall–Kier alpha value is -3.15. The van der Waals surface area contributed by atoms with Crippen molar-refractivity contribution in [1.29, 1.82) is 0 Å². The molecule has 2 heterocycles. The van der Waals surface area contributed by atoms with Crippen molar-refractivity contribution in [2.75, 3.05) is 12.5 Å². The number of nitrogens with two attached hydrogens (primary N) is 1. The molecule has 116 valence electrons. The molecule has 0 aliphatic carbocycles. The predicted octanol–water partition coefficient (Wildman–Crippen LogP) is 2.78. The average molecular weight is 311 g/mol. The van der Waals surface area contributed by atoms with E-state index in [1.54, 1.807) is 37.3 Å². The van der Waals surface area contributed by atoms with Gasteiger partial charge in [-0.15, -0.1) is 0 Å². The van der Waals surface area contributed by atoms with Gasteiger partial charge in [0, 0.05) is 16.8 Å². The Morgan fingerprint density at radius 3 is 2.74 bits per heavy atom. The highest BCUT2D eigenvalue weighted by Gasteiger charge is 2.20. The fourth-order valence-electron chi connectivity index (χ4n) is 2.63. The molecule has 23 heavy (non-hydrogen) atoms. The SMILES string of the molecule is Cc1c(N)ccc2c(=O)c(O)c(-c3ccc4c(c3)OCO4)oc12. The van der Waals surface area contributed by atoms with Crippen molar-refractivity contribution < 1.29 is 19.0 Å². The van der Waals surface area contributed by atoms with Crippen LogP contribution in [0.25, 0.3) is 22.3 Å². The summed E-state index contributed by atoms with van der Waals surface area (Å²) in [6, 6.07) is 8.22. The van der Waals surface area contributed by atoms with Crippen LogP contribution < -0.4 is 20.6 Å². The highest BCUT2D eigenvalue weighted by atomic mass is 16.7. The van der Waals surface area contributed by atoms with Gasteiger partial charge < -0.3 is 24.7 Å². The number of nitrogen functional groups attached to an aromatic ring is 1. The molecule has 0 saturated carbocycles. The van der Waals surface area contributed by atoms with Crippen molar-refractivity contribution in [2.45, 2.75) is 6.92 Å². The maximum atomic E-state index is 12.4. The molecule has 0 atom stereocenters. The van der Waals surface area contributed by atoms with Crippen molar-refractivity contribution in [2.24, 2.45) is 0 Å². The van der Waals surface area contributed by atoms with E-state index in [0.717, 1.165) is 0 Å². The van der Waals surface area contributed by atoms with E-state index in [0.29, 0.717) is 39.3 Å². The van der Waals surface area contributed by atoms with E-state index >= 15 is 0 Å². The van der Waals surface area contributed by atoms with Gasteiger partial charge in [-0.05, 0) is 37.3 Å². The number of aromatic hydroxyl groups is 1. The number of hydrogen-bond acceptors (Lipinski definition) is 6. The van der Waals surface area contributed by atoms with Crippen molar-refractivity contribution in [3.8, 4) is 28.6 Å². The van der Waals surface area contributed by atoms with Crippen molar-refractivity contribution in [1.82, 2.24) is 0 Å². The standard InChI is InChI=1S/C17H13NO5/c1-8-11(18)4-3-10-14(19)15(20)17(23-16(8)10)9-2-5-12-13(6-9)22-7-21-12/h2-6,20H,7,18H2,1H3. The second kappa shape index (κ2) is 4.67. The summed E-state index contributed by atoms with van der Waals surface area (Å²) in [5.41, 5.74) is 7.43. The van der Waals surface area contributed by atoms with Crippen LogP contribution in [-0.2, 0) is 0 Å². The van der Waals surface area contributed by atoms with Gasteiger partial charge in [-0.2, -0.15) is 0 Å². The van der Waals surface area contributed by atoms with Gasteiger partial charge in [-0.25, -0.2) is 0 Å². The van der Waals surface area contributed by atoms with E-state index in [1.165, 1.54) is 0 Å². The molecular formula is C17H13NO5. The van der Waals surface area contributed by atoms with Gasteiger partial charge in [0.2, 0.25) is 18.0 Å². The molecule has 6 heteroatoms. The first-order valence-corrected chi connectivity index (χ1v) is 7.01. The van der Waals surface area contributed by atoms with Crippen LogP contribution in [0.3, 0.4) is 0 Å². The van der Waals surface area contributed by atoms with Crippen LogP contribution in [0, 0.1) is 6.92 Å². The molecule has 1 aromatic heterocycles. The normalized spacial score (nSPS) is 12.7. The molecule has 0 saturated heterocycles. The Bertz CT molecular complexity index is 1010. The summed E-state index contributed by atoms with van der Waals surface area (Å²) < 4.78 is 16.4. The second-order valence-corrected chi connectivity index (χ2v) is 5.33. The smallest absolute Gasteiger partial charge is 0.235 e. The van der Waals surface area contributed by atoms with Crippen LogP contribution in [0.15, 0.2) is 39.5 Å². The van der Waals surface area contributed by atoms with Gasteiger partial charge in [0.1, 0.15) is 5.58 Å². The first-order valence-electron chi connectivity index (χ1n) is 7.01. The molecule has 0 bridgehead atoms. The summed E-state index contributed by atoms with van der Waals surface area (Å²) in [4.78, 5) is 12.4. The Kier molecular flexibility index (Phi) is 2.74. The molecule has 0 fully saturated rings. The number of fused-ring (bicyclic) bond motifs is 2. The zero-order valence-corrected chi connectivity index (χ0v) is 12.3. The molecule has 2 aromatic carbocycles. The molecule has 0 spiro atoms. The quantitative estimate of drug-likeness (QED) is 0.671. The predicted molar refractivity (Wildman–Crippen MR) is 84.9 cm³/mol. The molecule has 1 aliphatic rings. The highest BCUT2D eigenvalue weighted by molar-refractivity contribution is 5.87. The first kappa shape index (κ1) is 13.5. The Morgan fingerprint density at radius 2 is 1.91 bits per heavy atom. The topological polar surface area (TPSA) is 94.9 Å². The van der Waals surface area contributed by atoms with Crippen LogP contribution in [0.2, 0.25) is 0 Å². The Labute approximate surface area is 130 Å². The highest BCUT2D eigenvalue weighted by Crippen LogP contribution is 2.39. The lowest BCUT2D eigenvalue weighted by atomic mass is 10.1. The lowest BCUT2D eigenvalue weighted by Crippen LogP contribution is -2.04. The van der Waals surface area contributed by atoms with Gasteiger partial charge in [0.15, 0.2) is 17.3 Å². The average Bonchev–Trinajstić information content (AvgIpc) is 3.02. The molecule has 3 N–H and O–H groups in total. The molecule has 0 radical (unpaired) electrons. The monoisotopic (exact) mass is 311 g/mol. The maximum Gasteiger partial charge on any atom is 0.235 e. The molecule has 0 amide bonds. The second-order valence-electron chi connectivity index (χ2n) is 5.33. The summed E-state index contributed by atoms with van der Waals surface area (Å²) in [5, 5.41) is 10.5. The number of anilines is 1. The van der Waals surface area contributed by atoms with E-state index in [2.05, 4.69) is 0 Å². The zero-order valence-electron chi connectivity index (χ0n) is 12.3. The van der Waals surface area contributed by atoms with Crippen molar-refractivity contribution in [3.05, 3.63) is 46.1 Å². The van der Waals surface area contributed by atoms with E-state index in [9.17, 15) is 9.90 Å². The summed E-state index contributed by atoms with van der Waals surface area (Å²) >= 11 is 0. The minimum absolute atomic E-state index is 0.0782. The molecule has 4 rings (SSSR count). The lowest BCUT2D eigenvalue weighted by molar-refractivity contribution is 0.174. The number of ether oxygens (including phenoxy) is 2. The molecule has 6 nitrogen and oxygen atoms in total. The zero-order chi connectivity index (χ0) is 16.1. The van der Waals surface area contributed by atoms with Crippen molar-refractivity contribution >= 4 is 16.7 Å². The summed E-state index contributed by atoms with van der Waals surface area (Å²) in [6.07, 6.45) is 0. The largest absolute Gasteiger partial charge is 0.502 e. The van der Waals surface area contributed by atoms with Crippen LogP contribution in [0.5, 0.6) is 17.2 Å². The number of rotatable bonds is 1. The summed E-state index contributed by atoms with van der Waals surface area (Å²) in [5.74, 6) is 0.779. The Morgan fingerprint density at radius 1 is 1.13 bits per heavy atom. The van der Waals surface area contributed by atoms with Crippen LogP contribution in [0.4, 0.5) is 5.69 Å². The van der Waals surface area contributed by atoms with E-state index in [-0.39, 0.29) is 12.6 Å². The van der Waals surface area contributed by atoms with E-state index < -0.39 is 11.2 Å². The molecular weight excluding hydrogens is 298 g/mol. The minimum atomic E-state index is -0.498. The van der Waals surface area contributed by atoms with Crippen LogP contribution in [0.1, 0.15) is 5.56 Å². The van der Waals surface area contributed by atoms with Gasteiger partial charge in [-0.3, -0.25) is 4.79 Å². The lowest BCUT2D eigenvalue weighted by Gasteiger charge is -2.09. The summed E-state index contributed by atoms with van der Waals surface area (Å²) in [7, 11) is 0. The third kappa shape index (κ3) is 1.92. The summed E-state index contributed by atoms with van der Waals surface area (Å²) in [6.45, 7) is 1.91. The third-order valence-corrected chi connectivity index (χ3v) is 3.96. The van der Waals surface area contributed by atoms with Gasteiger partial charge in [0.25, 0.3) is 0 Å². The Balaban J connectivity index is 2.02. The van der Waals surface area contributed by atoms with Gasteiger partial charge in [-0.1, -0.05) is 0 Å². The molecule has 3 aromatic rings. The fourth-order valence-corrected chi connectivity index (χ4v) is 2.63. The molecule has 1 aliphatic heterocycles. The number of hydrogen-bond donors (Lipinski definition) is 2. The van der Waals surface area contributed by atoms with E-state index in [4.69, 9.17) is 19.6 Å². The van der Waals surface area contributed by atoms with Gasteiger partial charge >= 0.3 is 0 Å². The van der Waals surface area contributed by atoms with Gasteiger partial charge in [0.05, 0.1) is 5.39 Å². The number of aryl methyl sites for hydroxylation is 1. The van der Waals surface area contributed by atoms with Crippen molar-refractivity contribution in [3.63, 3.8) is 0 Å². The first-order chi connectivity index (χ1) is 11.1. The fraction of sp³-hybridized carbons (Fsp3) is 0.118. The van der Waals surface area contributed by atoms with E-state index in [1.807, 2.05) is 0 Å².